The van der Waals surface area contributed by atoms with Gasteiger partial charge in [0.15, 0.2) is 0 Å². The minimum Gasteiger partial charge on any atom is -0.481 e. The Morgan fingerprint density at radius 1 is 1.30 bits per heavy atom. The average molecular weight is 275 g/mol. The highest BCUT2D eigenvalue weighted by Crippen LogP contribution is 2.21. The van der Waals surface area contributed by atoms with Crippen molar-refractivity contribution in [1.29, 1.82) is 0 Å². The van der Waals surface area contributed by atoms with Crippen LogP contribution in [0.1, 0.15) is 24.2 Å². The molecule has 0 fully saturated rings. The molecule has 1 heterocycles. The molecule has 0 saturated carbocycles. The summed E-state index contributed by atoms with van der Waals surface area (Å²) in [4.78, 5) is 8.18. The molecule has 106 valence electrons. The third kappa shape index (κ3) is 3.51. The Kier molecular flexibility index (Phi) is 5.01. The van der Waals surface area contributed by atoms with Crippen molar-refractivity contribution in [2.45, 2.75) is 19.4 Å². The molecule has 0 spiro atoms. The average Bonchev–Trinajstić information content (AvgIpc) is 2.47. The first kappa shape index (κ1) is 14.4. The first-order chi connectivity index (χ1) is 9.74. The molecule has 1 aromatic heterocycles. The number of hydrogen-bond donors (Lipinski definition) is 1. The smallest absolute Gasteiger partial charge is 0.216 e. The van der Waals surface area contributed by atoms with Crippen LogP contribution in [-0.4, -0.2) is 23.6 Å². The Labute approximate surface area is 118 Å². The molecule has 0 aliphatic rings. The Morgan fingerprint density at radius 3 is 2.80 bits per heavy atom. The third-order valence-electron chi connectivity index (χ3n) is 3.05. The highest BCUT2D eigenvalue weighted by molar-refractivity contribution is 5.24. The van der Waals surface area contributed by atoms with Crippen molar-refractivity contribution in [2.24, 2.45) is 0 Å². The van der Waals surface area contributed by atoms with Gasteiger partial charge < -0.3 is 10.1 Å². The third-order valence-corrected chi connectivity index (χ3v) is 3.05. The lowest BCUT2D eigenvalue weighted by Gasteiger charge is -2.18. The van der Waals surface area contributed by atoms with E-state index in [1.165, 1.54) is 12.4 Å². The van der Waals surface area contributed by atoms with Gasteiger partial charge in [-0.1, -0.05) is 25.1 Å². The maximum atomic E-state index is 13.9. The molecule has 2 rings (SSSR count). The van der Waals surface area contributed by atoms with Gasteiger partial charge in [-0.15, -0.1) is 0 Å². The molecule has 4 nitrogen and oxygen atoms in total. The van der Waals surface area contributed by atoms with Crippen LogP contribution in [0.25, 0.3) is 0 Å². The van der Waals surface area contributed by atoms with E-state index in [0.717, 1.165) is 12.2 Å². The van der Waals surface area contributed by atoms with E-state index < -0.39 is 0 Å². The van der Waals surface area contributed by atoms with Crippen LogP contribution in [0.15, 0.2) is 36.7 Å². The standard InChI is InChI=1S/C15H18FN3O/c1-3-17-14(12-6-4-5-7-13(12)16)8-11-9-15(20-2)19-10-18-11/h4-7,9-10,14,17H,3,8H2,1-2H3. The van der Waals surface area contributed by atoms with Gasteiger partial charge in [0, 0.05) is 29.8 Å². The van der Waals surface area contributed by atoms with Gasteiger partial charge in [0.1, 0.15) is 12.1 Å². The van der Waals surface area contributed by atoms with Gasteiger partial charge in [0.2, 0.25) is 5.88 Å². The first-order valence-electron chi connectivity index (χ1n) is 6.57. The molecule has 5 heteroatoms. The second-order valence-corrected chi connectivity index (χ2v) is 4.39. The summed E-state index contributed by atoms with van der Waals surface area (Å²) in [5, 5.41) is 3.28. The van der Waals surface area contributed by atoms with Gasteiger partial charge in [-0.3, -0.25) is 0 Å². The first-order valence-corrected chi connectivity index (χ1v) is 6.57. The lowest BCUT2D eigenvalue weighted by Crippen LogP contribution is -2.24. The molecule has 1 atom stereocenters. The Morgan fingerprint density at radius 2 is 2.10 bits per heavy atom. The number of hydrogen-bond acceptors (Lipinski definition) is 4. The molecule has 0 aliphatic heterocycles. The fourth-order valence-electron chi connectivity index (χ4n) is 2.11. The SMILES string of the molecule is CCNC(Cc1cc(OC)ncn1)c1ccccc1F. The topological polar surface area (TPSA) is 47.0 Å². The number of nitrogens with one attached hydrogen (secondary N) is 1. The summed E-state index contributed by atoms with van der Waals surface area (Å²) >= 11 is 0. The highest BCUT2D eigenvalue weighted by Gasteiger charge is 2.16. The van der Waals surface area contributed by atoms with Crippen LogP contribution < -0.4 is 10.1 Å². The molecule has 1 unspecified atom stereocenters. The van der Waals surface area contributed by atoms with Crippen LogP contribution in [0.3, 0.4) is 0 Å². The zero-order valence-corrected chi connectivity index (χ0v) is 11.6. The molecule has 0 radical (unpaired) electrons. The Bertz CT molecular complexity index is 562. The van der Waals surface area contributed by atoms with E-state index >= 15 is 0 Å². The molecule has 0 aliphatic carbocycles. The number of nitrogens with zero attached hydrogens (tertiary/aromatic N) is 2. The number of rotatable bonds is 6. The van der Waals surface area contributed by atoms with E-state index in [-0.39, 0.29) is 11.9 Å². The van der Waals surface area contributed by atoms with E-state index in [0.29, 0.717) is 17.9 Å². The normalized spacial score (nSPS) is 12.2. The largest absolute Gasteiger partial charge is 0.481 e. The van der Waals surface area contributed by atoms with Crippen molar-refractivity contribution in [1.82, 2.24) is 15.3 Å². The molecule has 1 aromatic carbocycles. The van der Waals surface area contributed by atoms with Crippen molar-refractivity contribution in [3.63, 3.8) is 0 Å². The lowest BCUT2D eigenvalue weighted by atomic mass is 10.0. The van der Waals surface area contributed by atoms with Crippen LogP contribution in [0.2, 0.25) is 0 Å². The summed E-state index contributed by atoms with van der Waals surface area (Å²) in [7, 11) is 1.56. The van der Waals surface area contributed by atoms with Crippen molar-refractivity contribution in [2.75, 3.05) is 13.7 Å². The second-order valence-electron chi connectivity index (χ2n) is 4.39. The molecule has 2 aromatic rings. The second kappa shape index (κ2) is 6.96. The van der Waals surface area contributed by atoms with Crippen LogP contribution in [0, 0.1) is 5.82 Å². The summed E-state index contributed by atoms with van der Waals surface area (Å²) in [6, 6.07) is 8.44. The molecule has 20 heavy (non-hydrogen) atoms. The maximum Gasteiger partial charge on any atom is 0.216 e. The summed E-state index contributed by atoms with van der Waals surface area (Å²) in [5.41, 5.74) is 1.46. The van der Waals surface area contributed by atoms with Gasteiger partial charge >= 0.3 is 0 Å². The van der Waals surface area contributed by atoms with E-state index in [2.05, 4.69) is 15.3 Å². The van der Waals surface area contributed by atoms with E-state index in [9.17, 15) is 4.39 Å². The van der Waals surface area contributed by atoms with Crippen molar-refractivity contribution >= 4 is 0 Å². The Hall–Kier alpha value is -2.01. The number of halogens is 1. The van der Waals surface area contributed by atoms with E-state index in [4.69, 9.17) is 4.74 Å². The fraction of sp³-hybridized carbons (Fsp3) is 0.333. The zero-order valence-electron chi connectivity index (χ0n) is 11.6. The predicted molar refractivity (Wildman–Crippen MR) is 75.1 cm³/mol. The predicted octanol–water partition coefficient (Wildman–Crippen LogP) is 2.52. The van der Waals surface area contributed by atoms with Gasteiger partial charge in [-0.25, -0.2) is 14.4 Å². The van der Waals surface area contributed by atoms with Crippen molar-refractivity contribution < 1.29 is 9.13 Å². The van der Waals surface area contributed by atoms with Crippen LogP contribution in [0.5, 0.6) is 5.88 Å². The minimum atomic E-state index is -0.209. The fourth-order valence-corrected chi connectivity index (χ4v) is 2.11. The molecule has 1 N–H and O–H groups in total. The van der Waals surface area contributed by atoms with Crippen molar-refractivity contribution in [3.8, 4) is 5.88 Å². The molecule has 0 bridgehead atoms. The summed E-state index contributed by atoms with van der Waals surface area (Å²) < 4.78 is 19.0. The lowest BCUT2D eigenvalue weighted by molar-refractivity contribution is 0.395. The van der Waals surface area contributed by atoms with Crippen LogP contribution in [-0.2, 0) is 6.42 Å². The number of aromatic nitrogens is 2. The van der Waals surface area contributed by atoms with Gasteiger partial charge in [-0.05, 0) is 12.6 Å². The van der Waals surface area contributed by atoms with Crippen LogP contribution >= 0.6 is 0 Å². The zero-order chi connectivity index (χ0) is 14.4. The number of likely N-dealkylation sites (N-methyl/N-ethyl adjacent to an activating group) is 1. The maximum absolute atomic E-state index is 13.9. The number of ether oxygens (including phenoxy) is 1. The van der Waals surface area contributed by atoms with Gasteiger partial charge in [0.25, 0.3) is 0 Å². The molecular formula is C15H18FN3O. The molecular weight excluding hydrogens is 257 g/mol. The van der Waals surface area contributed by atoms with Gasteiger partial charge in [0.05, 0.1) is 7.11 Å². The Balaban J connectivity index is 2.23. The summed E-state index contributed by atoms with van der Waals surface area (Å²) in [6.07, 6.45) is 2.03. The highest BCUT2D eigenvalue weighted by atomic mass is 19.1. The van der Waals surface area contributed by atoms with Crippen LogP contribution in [0.4, 0.5) is 4.39 Å². The molecule has 0 amide bonds. The van der Waals surface area contributed by atoms with Crippen molar-refractivity contribution in [3.05, 3.63) is 53.7 Å². The molecule has 0 saturated heterocycles. The summed E-state index contributed by atoms with van der Waals surface area (Å²) in [6.45, 7) is 2.75. The quantitative estimate of drug-likeness (QED) is 0.880. The monoisotopic (exact) mass is 275 g/mol. The van der Waals surface area contributed by atoms with E-state index in [1.54, 1.807) is 25.3 Å². The summed E-state index contributed by atoms with van der Waals surface area (Å²) in [5.74, 6) is 0.304. The minimum absolute atomic E-state index is 0.124. The number of benzene rings is 1. The number of methoxy groups -OCH3 is 1. The van der Waals surface area contributed by atoms with Gasteiger partial charge in [-0.2, -0.15) is 0 Å². The van der Waals surface area contributed by atoms with E-state index in [1.807, 2.05) is 13.0 Å².